The molecule has 4 N–H and O–H groups in total. The predicted octanol–water partition coefficient (Wildman–Crippen LogP) is 5.17. The second kappa shape index (κ2) is 11.3. The van der Waals surface area contributed by atoms with Crippen LogP contribution in [0.1, 0.15) is 57.2 Å². The average Bonchev–Trinajstić information content (AvgIpc) is 3.38. The highest BCUT2D eigenvalue weighted by Gasteiger charge is 2.24. The lowest BCUT2D eigenvalue weighted by Crippen LogP contribution is -2.32. The number of sulfonamides is 1. The van der Waals surface area contributed by atoms with Crippen molar-refractivity contribution in [2.24, 2.45) is 0 Å². The first-order chi connectivity index (χ1) is 18.3. The fraction of sp³-hybridized carbons (Fsp3) is 0.429. The zero-order chi connectivity index (χ0) is 26.7. The summed E-state index contributed by atoms with van der Waals surface area (Å²) in [5.41, 5.74) is 3.59. The summed E-state index contributed by atoms with van der Waals surface area (Å²) >= 11 is 0. The van der Waals surface area contributed by atoms with Crippen molar-refractivity contribution in [3.8, 4) is 0 Å². The number of hydrogen-bond acceptors (Lipinski definition) is 8. The van der Waals surface area contributed by atoms with Crippen LogP contribution in [0.5, 0.6) is 0 Å². The van der Waals surface area contributed by atoms with Gasteiger partial charge in [0.2, 0.25) is 16.0 Å². The maximum absolute atomic E-state index is 13.0. The number of benzene rings is 2. The molecule has 38 heavy (non-hydrogen) atoms. The smallest absolute Gasteiger partial charge is 0.242 e. The molecule has 0 bridgehead atoms. The van der Waals surface area contributed by atoms with Crippen molar-refractivity contribution >= 4 is 39.0 Å². The molecule has 0 saturated carbocycles. The Morgan fingerprint density at radius 1 is 0.921 bits per heavy atom. The number of likely N-dealkylation sites (tertiary alicyclic amines) is 1. The van der Waals surface area contributed by atoms with Crippen LogP contribution in [0.4, 0.5) is 29.0 Å². The van der Waals surface area contributed by atoms with Crippen LogP contribution in [0.3, 0.4) is 0 Å². The minimum absolute atomic E-state index is 0.181. The van der Waals surface area contributed by atoms with Crippen molar-refractivity contribution < 1.29 is 8.42 Å². The van der Waals surface area contributed by atoms with Crippen molar-refractivity contribution in [3.63, 3.8) is 0 Å². The van der Waals surface area contributed by atoms with E-state index in [-0.39, 0.29) is 10.9 Å². The largest absolute Gasteiger partial charge is 0.369 e. The van der Waals surface area contributed by atoms with E-state index in [0.29, 0.717) is 23.5 Å². The first-order valence-corrected chi connectivity index (χ1v) is 14.9. The van der Waals surface area contributed by atoms with Crippen molar-refractivity contribution in [2.45, 2.75) is 63.4 Å². The third-order valence-electron chi connectivity index (χ3n) is 7.08. The van der Waals surface area contributed by atoms with E-state index in [9.17, 15) is 8.42 Å². The maximum atomic E-state index is 13.0. The van der Waals surface area contributed by atoms with Gasteiger partial charge in [-0.3, -0.25) is 4.90 Å². The van der Waals surface area contributed by atoms with Crippen LogP contribution in [0.15, 0.2) is 53.4 Å². The number of aromatic nitrogens is 2. The lowest BCUT2D eigenvalue weighted by molar-refractivity contribution is 0.175. The molecule has 0 aliphatic carbocycles. The highest BCUT2D eigenvalue weighted by Crippen LogP contribution is 2.33. The van der Waals surface area contributed by atoms with Crippen LogP contribution in [-0.4, -0.2) is 49.0 Å². The third-order valence-corrected chi connectivity index (χ3v) is 8.80. The number of piperidine rings is 1. The van der Waals surface area contributed by atoms with Crippen LogP contribution in [0.25, 0.3) is 0 Å². The standard InChI is InChI=1S/C28H37N7O2S/c1-19(2)34-38(36,37)25-10-6-5-9-24(25)31-27-23-15-16-29-26(23)32-28(33-27)30-22-13-11-21(12-14-22)20(3)35-17-7-4-8-18-35/h5-6,9-14,19-20,34H,4,7-8,15-18H2,1-3H3,(H3,29,30,31,32,33). The summed E-state index contributed by atoms with van der Waals surface area (Å²) in [6.45, 7) is 8.94. The van der Waals surface area contributed by atoms with Gasteiger partial charge in [0.15, 0.2) is 0 Å². The van der Waals surface area contributed by atoms with Crippen molar-refractivity contribution in [1.82, 2.24) is 19.6 Å². The molecule has 202 valence electrons. The molecular weight excluding hydrogens is 498 g/mol. The minimum atomic E-state index is -3.69. The SMILES string of the molecule is CC(C)NS(=O)(=O)c1ccccc1Nc1nc(Nc2ccc(C(C)N3CCCCC3)cc2)nc2c1CCN2. The fourth-order valence-corrected chi connectivity index (χ4v) is 6.54. The molecule has 9 nitrogen and oxygen atoms in total. The summed E-state index contributed by atoms with van der Waals surface area (Å²) in [6, 6.07) is 15.5. The van der Waals surface area contributed by atoms with E-state index in [4.69, 9.17) is 4.98 Å². The molecule has 1 aromatic heterocycles. The molecule has 1 atom stereocenters. The second-order valence-corrected chi connectivity index (χ2v) is 12.0. The molecule has 2 aliphatic rings. The van der Waals surface area contributed by atoms with Gasteiger partial charge in [-0.1, -0.05) is 30.7 Å². The quantitative estimate of drug-likeness (QED) is 0.297. The first kappa shape index (κ1) is 26.4. The Morgan fingerprint density at radius 2 is 1.66 bits per heavy atom. The summed E-state index contributed by atoms with van der Waals surface area (Å²) in [7, 11) is -3.69. The van der Waals surface area contributed by atoms with Crippen molar-refractivity contribution in [2.75, 3.05) is 35.6 Å². The number of nitrogens with one attached hydrogen (secondary N) is 4. The highest BCUT2D eigenvalue weighted by atomic mass is 32.2. The van der Waals surface area contributed by atoms with Gasteiger partial charge < -0.3 is 16.0 Å². The van der Waals surface area contributed by atoms with Crippen LogP contribution in [0, 0.1) is 0 Å². The maximum Gasteiger partial charge on any atom is 0.242 e. The summed E-state index contributed by atoms with van der Waals surface area (Å²) < 4.78 is 28.6. The van der Waals surface area contributed by atoms with E-state index in [2.05, 4.69) is 61.7 Å². The van der Waals surface area contributed by atoms with Gasteiger partial charge in [0.25, 0.3) is 0 Å². The summed E-state index contributed by atoms with van der Waals surface area (Å²) in [5, 5.41) is 9.93. The zero-order valence-electron chi connectivity index (χ0n) is 22.3. The molecule has 1 fully saturated rings. The normalized spacial score (nSPS) is 16.6. The van der Waals surface area contributed by atoms with E-state index >= 15 is 0 Å². The third kappa shape index (κ3) is 5.92. The number of fused-ring (bicyclic) bond motifs is 1. The Hall–Kier alpha value is -3.21. The van der Waals surface area contributed by atoms with Gasteiger partial charge in [0.05, 0.1) is 5.69 Å². The molecular formula is C28H37N7O2S. The summed E-state index contributed by atoms with van der Waals surface area (Å²) in [4.78, 5) is 12.2. The molecule has 2 aliphatic heterocycles. The van der Waals surface area contributed by atoms with Gasteiger partial charge in [0, 0.05) is 29.9 Å². The van der Waals surface area contributed by atoms with E-state index in [0.717, 1.165) is 43.1 Å². The summed E-state index contributed by atoms with van der Waals surface area (Å²) in [6.07, 6.45) is 4.62. The van der Waals surface area contributed by atoms with Crippen molar-refractivity contribution in [3.05, 3.63) is 59.7 Å². The molecule has 10 heteroatoms. The van der Waals surface area contributed by atoms with Gasteiger partial charge >= 0.3 is 0 Å². The predicted molar refractivity (Wildman–Crippen MR) is 153 cm³/mol. The molecule has 5 rings (SSSR count). The Balaban J connectivity index is 1.38. The molecule has 0 radical (unpaired) electrons. The van der Waals surface area contributed by atoms with Gasteiger partial charge in [-0.25, -0.2) is 13.1 Å². The highest BCUT2D eigenvalue weighted by molar-refractivity contribution is 7.89. The number of hydrogen-bond donors (Lipinski definition) is 4. The molecule has 1 unspecified atom stereocenters. The van der Waals surface area contributed by atoms with Gasteiger partial charge in [0.1, 0.15) is 16.5 Å². The molecule has 3 heterocycles. The van der Waals surface area contributed by atoms with Crippen LogP contribution < -0.4 is 20.7 Å². The number of nitrogens with zero attached hydrogens (tertiary/aromatic N) is 3. The number of para-hydroxylation sites is 1. The molecule has 3 aromatic rings. The second-order valence-electron chi connectivity index (χ2n) is 10.3. The van der Waals surface area contributed by atoms with Gasteiger partial charge in [-0.05, 0) is 83.0 Å². The van der Waals surface area contributed by atoms with Crippen LogP contribution in [0.2, 0.25) is 0 Å². The lowest BCUT2D eigenvalue weighted by Gasteiger charge is -2.32. The van der Waals surface area contributed by atoms with Gasteiger partial charge in [-0.2, -0.15) is 9.97 Å². The van der Waals surface area contributed by atoms with Crippen LogP contribution >= 0.6 is 0 Å². The molecule has 0 spiro atoms. The van der Waals surface area contributed by atoms with E-state index in [1.807, 2.05) is 6.07 Å². The molecule has 0 amide bonds. The van der Waals surface area contributed by atoms with Crippen molar-refractivity contribution in [1.29, 1.82) is 0 Å². The average molecular weight is 536 g/mol. The molecule has 2 aromatic carbocycles. The molecule has 1 saturated heterocycles. The van der Waals surface area contributed by atoms with E-state index in [1.54, 1.807) is 32.0 Å². The monoisotopic (exact) mass is 535 g/mol. The Labute approximate surface area is 225 Å². The topological polar surface area (TPSA) is 111 Å². The van der Waals surface area contributed by atoms with E-state index in [1.165, 1.54) is 24.8 Å². The van der Waals surface area contributed by atoms with E-state index < -0.39 is 10.0 Å². The lowest BCUT2D eigenvalue weighted by atomic mass is 10.0. The Bertz CT molecular complexity index is 1370. The zero-order valence-corrected chi connectivity index (χ0v) is 23.1. The summed E-state index contributed by atoms with van der Waals surface area (Å²) in [5.74, 6) is 1.78. The first-order valence-electron chi connectivity index (χ1n) is 13.4. The van der Waals surface area contributed by atoms with Crippen LogP contribution in [-0.2, 0) is 16.4 Å². The minimum Gasteiger partial charge on any atom is -0.369 e. The Morgan fingerprint density at radius 3 is 2.39 bits per heavy atom. The Kier molecular flexibility index (Phi) is 7.83. The van der Waals surface area contributed by atoms with Gasteiger partial charge in [-0.15, -0.1) is 0 Å². The number of anilines is 5. The fourth-order valence-electron chi connectivity index (χ4n) is 5.13. The number of rotatable bonds is 9.